The third-order valence-corrected chi connectivity index (χ3v) is 7.20. The zero-order valence-corrected chi connectivity index (χ0v) is 15.0. The molecular formula is C17H17FN2O3S2. The van der Waals surface area contributed by atoms with Crippen LogP contribution < -0.4 is 0 Å². The van der Waals surface area contributed by atoms with Crippen molar-refractivity contribution in [2.45, 2.75) is 4.21 Å². The Kier molecular flexibility index (Phi) is 5.31. The highest BCUT2D eigenvalue weighted by molar-refractivity contribution is 7.91. The second-order valence-electron chi connectivity index (χ2n) is 5.55. The van der Waals surface area contributed by atoms with Crippen LogP contribution in [0.1, 0.15) is 5.56 Å². The number of sulfonamides is 1. The molecule has 132 valence electrons. The zero-order chi connectivity index (χ0) is 17.9. The van der Waals surface area contributed by atoms with Gasteiger partial charge in [0.2, 0.25) is 5.91 Å². The number of halogens is 1. The van der Waals surface area contributed by atoms with Gasteiger partial charge in [0.15, 0.2) is 0 Å². The van der Waals surface area contributed by atoms with Crippen LogP contribution in [-0.2, 0) is 14.8 Å². The van der Waals surface area contributed by atoms with Crippen molar-refractivity contribution < 1.29 is 17.6 Å². The highest BCUT2D eigenvalue weighted by Crippen LogP contribution is 2.22. The van der Waals surface area contributed by atoms with E-state index in [0.29, 0.717) is 17.3 Å². The third-order valence-electron chi connectivity index (χ3n) is 3.93. The molecule has 1 aromatic carbocycles. The number of thiophene rings is 1. The Morgan fingerprint density at radius 3 is 2.36 bits per heavy atom. The number of nitrogens with zero attached hydrogens (tertiary/aromatic N) is 2. The van der Waals surface area contributed by atoms with Crippen molar-refractivity contribution in [2.75, 3.05) is 26.2 Å². The highest BCUT2D eigenvalue weighted by Gasteiger charge is 2.30. The number of carbonyl (C=O) groups is 1. The molecule has 0 spiro atoms. The molecule has 25 heavy (non-hydrogen) atoms. The largest absolute Gasteiger partial charge is 0.337 e. The fourth-order valence-corrected chi connectivity index (χ4v) is 5.10. The van der Waals surface area contributed by atoms with Gasteiger partial charge in [0.25, 0.3) is 10.0 Å². The molecule has 8 heteroatoms. The van der Waals surface area contributed by atoms with Gasteiger partial charge in [-0.05, 0) is 35.2 Å². The Labute approximate surface area is 150 Å². The molecule has 5 nitrogen and oxygen atoms in total. The molecular weight excluding hydrogens is 363 g/mol. The van der Waals surface area contributed by atoms with Gasteiger partial charge in [-0.1, -0.05) is 18.2 Å². The number of piperazine rings is 1. The van der Waals surface area contributed by atoms with Crippen molar-refractivity contribution in [3.63, 3.8) is 0 Å². The molecule has 1 aromatic heterocycles. The molecule has 1 amide bonds. The van der Waals surface area contributed by atoms with E-state index < -0.39 is 10.0 Å². The second kappa shape index (κ2) is 7.47. The molecule has 0 saturated carbocycles. The van der Waals surface area contributed by atoms with E-state index in [1.54, 1.807) is 40.6 Å². The monoisotopic (exact) mass is 380 g/mol. The topological polar surface area (TPSA) is 57.7 Å². The smallest absolute Gasteiger partial charge is 0.252 e. The molecule has 0 radical (unpaired) electrons. The van der Waals surface area contributed by atoms with Gasteiger partial charge >= 0.3 is 0 Å². The summed E-state index contributed by atoms with van der Waals surface area (Å²) in [4.78, 5) is 13.8. The molecule has 0 N–H and O–H groups in total. The summed E-state index contributed by atoms with van der Waals surface area (Å²) in [5, 5.41) is 1.73. The van der Waals surface area contributed by atoms with Crippen LogP contribution in [0.2, 0.25) is 0 Å². The normalized spacial score (nSPS) is 16.4. The van der Waals surface area contributed by atoms with Crippen LogP contribution in [0, 0.1) is 5.82 Å². The SMILES string of the molecule is O=C(C=Cc1ccc(F)cc1)N1CCN(S(=O)(=O)c2cccs2)CC1. The fourth-order valence-electron chi connectivity index (χ4n) is 2.53. The number of hydrogen-bond donors (Lipinski definition) is 0. The lowest BCUT2D eigenvalue weighted by molar-refractivity contribution is -0.127. The van der Waals surface area contributed by atoms with Gasteiger partial charge in [-0.15, -0.1) is 11.3 Å². The van der Waals surface area contributed by atoms with Crippen LogP contribution >= 0.6 is 11.3 Å². The minimum absolute atomic E-state index is 0.183. The van der Waals surface area contributed by atoms with Gasteiger partial charge in [-0.25, -0.2) is 12.8 Å². The quantitative estimate of drug-likeness (QED) is 0.766. The van der Waals surface area contributed by atoms with E-state index in [4.69, 9.17) is 0 Å². The summed E-state index contributed by atoms with van der Waals surface area (Å²) in [7, 11) is -3.47. The predicted molar refractivity (Wildman–Crippen MR) is 95.1 cm³/mol. The highest BCUT2D eigenvalue weighted by atomic mass is 32.2. The minimum Gasteiger partial charge on any atom is -0.337 e. The van der Waals surface area contributed by atoms with Crippen LogP contribution in [0.15, 0.2) is 52.1 Å². The van der Waals surface area contributed by atoms with E-state index in [1.165, 1.54) is 33.9 Å². The van der Waals surface area contributed by atoms with Crippen molar-refractivity contribution in [1.29, 1.82) is 0 Å². The van der Waals surface area contributed by atoms with Gasteiger partial charge in [0.05, 0.1) is 0 Å². The van der Waals surface area contributed by atoms with Crippen molar-refractivity contribution in [2.24, 2.45) is 0 Å². The predicted octanol–water partition coefficient (Wildman–Crippen LogP) is 2.43. The molecule has 1 aliphatic heterocycles. The first-order valence-corrected chi connectivity index (χ1v) is 10.0. The maximum absolute atomic E-state index is 12.9. The van der Waals surface area contributed by atoms with E-state index in [0.717, 1.165) is 5.56 Å². The number of carbonyl (C=O) groups excluding carboxylic acids is 1. The molecule has 3 rings (SSSR count). The summed E-state index contributed by atoms with van der Waals surface area (Å²) >= 11 is 1.19. The summed E-state index contributed by atoms with van der Waals surface area (Å²) in [5.41, 5.74) is 0.730. The maximum atomic E-state index is 12.9. The van der Waals surface area contributed by atoms with E-state index in [1.807, 2.05) is 0 Å². The second-order valence-corrected chi connectivity index (χ2v) is 8.66. The Bertz CT molecular complexity index is 854. The van der Waals surface area contributed by atoms with Crippen LogP contribution in [-0.4, -0.2) is 49.7 Å². The van der Waals surface area contributed by atoms with Gasteiger partial charge in [0.1, 0.15) is 10.0 Å². The number of benzene rings is 1. The molecule has 0 bridgehead atoms. The van der Waals surface area contributed by atoms with Crippen LogP contribution in [0.4, 0.5) is 4.39 Å². The lowest BCUT2D eigenvalue weighted by Crippen LogP contribution is -2.50. The van der Waals surface area contributed by atoms with E-state index >= 15 is 0 Å². The molecule has 1 aliphatic rings. The molecule has 2 aromatic rings. The number of amides is 1. The average molecular weight is 380 g/mol. The molecule has 2 heterocycles. The molecule has 0 aliphatic carbocycles. The standard InChI is InChI=1S/C17H17FN2O3S2/c18-15-6-3-14(4-7-15)5-8-16(21)19-9-11-20(12-10-19)25(22,23)17-2-1-13-24-17/h1-8,13H,9-12H2. The van der Waals surface area contributed by atoms with Crippen molar-refractivity contribution >= 4 is 33.3 Å². The minimum atomic E-state index is -3.47. The average Bonchev–Trinajstić information content (AvgIpc) is 3.16. The van der Waals surface area contributed by atoms with E-state index in [-0.39, 0.29) is 24.8 Å². The lowest BCUT2D eigenvalue weighted by atomic mass is 10.2. The van der Waals surface area contributed by atoms with E-state index in [2.05, 4.69) is 0 Å². The summed E-state index contributed by atoms with van der Waals surface area (Å²) in [6.07, 6.45) is 3.05. The zero-order valence-electron chi connectivity index (χ0n) is 13.3. The van der Waals surface area contributed by atoms with Crippen LogP contribution in [0.5, 0.6) is 0 Å². The Morgan fingerprint density at radius 1 is 1.08 bits per heavy atom. The first-order valence-electron chi connectivity index (χ1n) is 7.73. The number of rotatable bonds is 4. The molecule has 0 atom stereocenters. The lowest BCUT2D eigenvalue weighted by Gasteiger charge is -2.33. The van der Waals surface area contributed by atoms with Crippen molar-refractivity contribution in [3.05, 3.63) is 59.2 Å². The third kappa shape index (κ3) is 4.15. The van der Waals surface area contributed by atoms with Crippen molar-refractivity contribution in [3.8, 4) is 0 Å². The van der Waals surface area contributed by atoms with Gasteiger partial charge in [-0.2, -0.15) is 4.31 Å². The summed E-state index contributed by atoms with van der Waals surface area (Å²) in [6.45, 7) is 1.24. The molecule has 0 unspecified atom stereocenters. The van der Waals surface area contributed by atoms with Gasteiger partial charge in [0, 0.05) is 32.3 Å². The number of hydrogen-bond acceptors (Lipinski definition) is 4. The fraction of sp³-hybridized carbons (Fsp3) is 0.235. The first kappa shape index (κ1) is 17.8. The summed E-state index contributed by atoms with van der Waals surface area (Å²) < 4.78 is 39.5. The van der Waals surface area contributed by atoms with E-state index in [9.17, 15) is 17.6 Å². The first-order chi connectivity index (χ1) is 12.0. The Morgan fingerprint density at radius 2 is 1.76 bits per heavy atom. The molecule has 1 saturated heterocycles. The van der Waals surface area contributed by atoms with Crippen molar-refractivity contribution in [1.82, 2.24) is 9.21 Å². The molecule has 1 fully saturated rings. The maximum Gasteiger partial charge on any atom is 0.252 e. The van der Waals surface area contributed by atoms with Gasteiger partial charge < -0.3 is 4.90 Å². The van der Waals surface area contributed by atoms with Gasteiger partial charge in [-0.3, -0.25) is 4.79 Å². The van der Waals surface area contributed by atoms with Crippen LogP contribution in [0.3, 0.4) is 0 Å². The Hall–Kier alpha value is -2.03. The Balaban J connectivity index is 1.58. The summed E-state index contributed by atoms with van der Waals surface area (Å²) in [6, 6.07) is 9.13. The summed E-state index contributed by atoms with van der Waals surface area (Å²) in [5.74, 6) is -0.510. The van der Waals surface area contributed by atoms with Crippen LogP contribution in [0.25, 0.3) is 6.08 Å².